The molecule has 1 unspecified atom stereocenters. The van der Waals surface area contributed by atoms with Crippen molar-refractivity contribution in [1.29, 1.82) is 0 Å². The van der Waals surface area contributed by atoms with Crippen molar-refractivity contribution in [1.82, 2.24) is 10.2 Å². The van der Waals surface area contributed by atoms with Crippen LogP contribution in [0.15, 0.2) is 18.2 Å². The van der Waals surface area contributed by atoms with E-state index in [1.54, 1.807) is 12.1 Å². The minimum absolute atomic E-state index is 0. The molecule has 1 aromatic carbocycles. The normalized spacial score (nSPS) is 19.6. The number of nitrogens with one attached hydrogen (secondary N) is 1. The summed E-state index contributed by atoms with van der Waals surface area (Å²) >= 11 is 0. The molecule has 5 heteroatoms. The van der Waals surface area contributed by atoms with Gasteiger partial charge in [-0.2, -0.15) is 0 Å². The third-order valence-corrected chi connectivity index (χ3v) is 3.30. The third kappa shape index (κ3) is 3.57. The second-order valence-electron chi connectivity index (χ2n) is 4.48. The Morgan fingerprint density at radius 3 is 2.83 bits per heavy atom. The number of ether oxygens (including phenoxy) is 1. The summed E-state index contributed by atoms with van der Waals surface area (Å²) < 4.78 is 18.4. The summed E-state index contributed by atoms with van der Waals surface area (Å²) in [5.41, 5.74) is 1.00. The Morgan fingerprint density at radius 2 is 2.28 bits per heavy atom. The van der Waals surface area contributed by atoms with Crippen molar-refractivity contribution in [2.24, 2.45) is 0 Å². The molecule has 1 saturated heterocycles. The fourth-order valence-corrected chi connectivity index (χ4v) is 2.28. The van der Waals surface area contributed by atoms with Crippen LogP contribution in [0.5, 0.6) is 5.75 Å². The molecule has 3 nitrogen and oxygen atoms in total. The molecular weight excluding hydrogens is 255 g/mol. The van der Waals surface area contributed by atoms with Gasteiger partial charge in [-0.05, 0) is 31.2 Å². The highest BCUT2D eigenvalue weighted by molar-refractivity contribution is 5.85. The average Bonchev–Trinajstić information content (AvgIpc) is 2.77. The van der Waals surface area contributed by atoms with Crippen LogP contribution < -0.4 is 10.1 Å². The van der Waals surface area contributed by atoms with E-state index < -0.39 is 0 Å². The Balaban J connectivity index is 0.00000162. The van der Waals surface area contributed by atoms with E-state index in [0.717, 1.165) is 31.6 Å². The van der Waals surface area contributed by atoms with Crippen LogP contribution >= 0.6 is 12.4 Å². The number of hydrogen-bond donors (Lipinski definition) is 1. The smallest absolute Gasteiger partial charge is 0.165 e. The van der Waals surface area contributed by atoms with E-state index in [-0.39, 0.29) is 18.2 Å². The van der Waals surface area contributed by atoms with Gasteiger partial charge in [0.15, 0.2) is 11.6 Å². The lowest BCUT2D eigenvalue weighted by Gasteiger charge is -2.16. The second-order valence-corrected chi connectivity index (χ2v) is 4.48. The molecule has 1 fully saturated rings. The number of methoxy groups -OCH3 is 1. The molecule has 2 rings (SSSR count). The SMILES string of the molecule is CNC1CCN(Cc2ccc(OC)c(F)c2)C1.Cl. The molecule has 1 heterocycles. The van der Waals surface area contributed by atoms with Crippen LogP contribution in [0.3, 0.4) is 0 Å². The van der Waals surface area contributed by atoms with Gasteiger partial charge in [-0.15, -0.1) is 12.4 Å². The number of likely N-dealkylation sites (tertiary alicyclic amines) is 1. The van der Waals surface area contributed by atoms with E-state index in [9.17, 15) is 4.39 Å². The zero-order valence-electron chi connectivity index (χ0n) is 10.8. The highest BCUT2D eigenvalue weighted by Crippen LogP contribution is 2.20. The van der Waals surface area contributed by atoms with Gasteiger partial charge in [0.2, 0.25) is 0 Å². The van der Waals surface area contributed by atoms with Crippen LogP contribution in [0, 0.1) is 5.82 Å². The molecule has 0 spiro atoms. The summed E-state index contributed by atoms with van der Waals surface area (Å²) in [7, 11) is 3.47. The molecule has 102 valence electrons. The van der Waals surface area contributed by atoms with Crippen molar-refractivity contribution in [3.05, 3.63) is 29.6 Å². The van der Waals surface area contributed by atoms with Gasteiger partial charge >= 0.3 is 0 Å². The predicted octanol–water partition coefficient (Wildman–Crippen LogP) is 2.05. The molecule has 0 aliphatic carbocycles. The summed E-state index contributed by atoms with van der Waals surface area (Å²) in [6.07, 6.45) is 1.16. The number of nitrogens with zero attached hydrogens (tertiary/aromatic N) is 1. The lowest BCUT2D eigenvalue weighted by atomic mass is 10.2. The standard InChI is InChI=1S/C13H19FN2O.ClH/c1-15-11-5-6-16(9-11)8-10-3-4-13(17-2)12(14)7-10;/h3-4,7,11,15H,5-6,8-9H2,1-2H3;1H. The minimum atomic E-state index is -0.283. The molecule has 18 heavy (non-hydrogen) atoms. The molecule has 1 atom stereocenters. The van der Waals surface area contributed by atoms with E-state index in [1.807, 2.05) is 13.1 Å². The van der Waals surface area contributed by atoms with Crippen LogP contribution in [0.1, 0.15) is 12.0 Å². The van der Waals surface area contributed by atoms with Gasteiger partial charge in [-0.25, -0.2) is 4.39 Å². The van der Waals surface area contributed by atoms with Gasteiger partial charge in [0, 0.05) is 25.7 Å². The van der Waals surface area contributed by atoms with Crippen molar-refractivity contribution in [3.63, 3.8) is 0 Å². The zero-order valence-corrected chi connectivity index (χ0v) is 11.6. The van der Waals surface area contributed by atoms with Gasteiger partial charge < -0.3 is 10.1 Å². The van der Waals surface area contributed by atoms with Gasteiger partial charge in [0.25, 0.3) is 0 Å². The van der Waals surface area contributed by atoms with Crippen molar-refractivity contribution in [2.45, 2.75) is 19.0 Å². The van der Waals surface area contributed by atoms with Gasteiger partial charge in [-0.1, -0.05) is 6.07 Å². The zero-order chi connectivity index (χ0) is 12.3. The lowest BCUT2D eigenvalue weighted by Crippen LogP contribution is -2.29. The monoisotopic (exact) mass is 274 g/mol. The van der Waals surface area contributed by atoms with Crippen LogP contribution in [0.4, 0.5) is 4.39 Å². The van der Waals surface area contributed by atoms with Crippen LogP contribution in [0.2, 0.25) is 0 Å². The van der Waals surface area contributed by atoms with E-state index in [2.05, 4.69) is 10.2 Å². The topological polar surface area (TPSA) is 24.5 Å². The van der Waals surface area contributed by atoms with E-state index >= 15 is 0 Å². The minimum Gasteiger partial charge on any atom is -0.494 e. The first-order chi connectivity index (χ1) is 8.22. The molecule has 1 N–H and O–H groups in total. The quantitative estimate of drug-likeness (QED) is 0.910. The van der Waals surface area contributed by atoms with Gasteiger partial charge in [0.05, 0.1) is 7.11 Å². The van der Waals surface area contributed by atoms with Gasteiger partial charge in [0.1, 0.15) is 0 Å². The summed E-state index contributed by atoms with van der Waals surface area (Å²) in [5, 5.41) is 3.27. The molecule has 0 saturated carbocycles. The van der Waals surface area contributed by atoms with Gasteiger partial charge in [-0.3, -0.25) is 4.90 Å². The molecule has 1 aromatic rings. The number of rotatable bonds is 4. The Hall–Kier alpha value is -0.840. The van der Waals surface area contributed by atoms with Crippen LogP contribution in [-0.2, 0) is 6.54 Å². The fraction of sp³-hybridized carbons (Fsp3) is 0.538. The van der Waals surface area contributed by atoms with E-state index in [1.165, 1.54) is 7.11 Å². The number of benzene rings is 1. The maximum Gasteiger partial charge on any atom is 0.165 e. The molecule has 0 radical (unpaired) electrons. The largest absolute Gasteiger partial charge is 0.494 e. The molecule has 0 amide bonds. The van der Waals surface area contributed by atoms with E-state index in [0.29, 0.717) is 11.8 Å². The maximum atomic E-state index is 13.5. The number of halogens is 2. The number of likely N-dealkylation sites (N-methyl/N-ethyl adjacent to an activating group) is 1. The Kier molecular flexibility index (Phi) is 5.85. The Bertz CT molecular complexity index is 389. The fourth-order valence-electron chi connectivity index (χ4n) is 2.28. The Labute approximate surface area is 114 Å². The lowest BCUT2D eigenvalue weighted by molar-refractivity contribution is 0.321. The van der Waals surface area contributed by atoms with Crippen LogP contribution in [0.25, 0.3) is 0 Å². The first kappa shape index (κ1) is 15.2. The third-order valence-electron chi connectivity index (χ3n) is 3.30. The molecular formula is C13H20ClFN2O. The predicted molar refractivity (Wildman–Crippen MR) is 72.9 cm³/mol. The first-order valence-electron chi connectivity index (χ1n) is 5.95. The van der Waals surface area contributed by atoms with Crippen molar-refractivity contribution >= 4 is 12.4 Å². The summed E-state index contributed by atoms with van der Waals surface area (Å²) in [6, 6.07) is 5.74. The molecule has 0 bridgehead atoms. The highest BCUT2D eigenvalue weighted by atomic mass is 35.5. The average molecular weight is 275 g/mol. The maximum absolute atomic E-state index is 13.5. The van der Waals surface area contributed by atoms with Crippen molar-refractivity contribution in [2.75, 3.05) is 27.2 Å². The van der Waals surface area contributed by atoms with Crippen molar-refractivity contribution in [3.8, 4) is 5.75 Å². The second kappa shape index (κ2) is 6.92. The molecule has 1 aliphatic heterocycles. The van der Waals surface area contributed by atoms with E-state index in [4.69, 9.17) is 4.74 Å². The highest BCUT2D eigenvalue weighted by Gasteiger charge is 2.20. The van der Waals surface area contributed by atoms with Crippen molar-refractivity contribution < 1.29 is 9.13 Å². The summed E-state index contributed by atoms with van der Waals surface area (Å²) in [5.74, 6) is 0.0256. The molecule has 1 aliphatic rings. The molecule has 0 aromatic heterocycles. The Morgan fingerprint density at radius 1 is 1.50 bits per heavy atom. The summed E-state index contributed by atoms with van der Waals surface area (Å²) in [6.45, 7) is 2.91. The van der Waals surface area contributed by atoms with Crippen LogP contribution in [-0.4, -0.2) is 38.2 Å². The first-order valence-corrected chi connectivity index (χ1v) is 5.95. The summed E-state index contributed by atoms with van der Waals surface area (Å²) in [4.78, 5) is 2.34. The number of hydrogen-bond acceptors (Lipinski definition) is 3.